The van der Waals surface area contributed by atoms with E-state index in [4.69, 9.17) is 19.8 Å². The third-order valence-electron chi connectivity index (χ3n) is 1.79. The second-order valence-corrected chi connectivity index (χ2v) is 4.17. The normalized spacial score (nSPS) is 19.6. The average molecular weight is 328 g/mol. The number of nitrogens with zero attached hydrogens (tertiary/aromatic N) is 3. The molecule has 0 N–H and O–H groups in total. The standard InChI is InChI=1S/C9H9ClIN3/c1-5(2)14-3-6(11)7-8(10)12-4-13-9(7)14/h3-5H,1-2H3/i1D3,2D3. The summed E-state index contributed by atoms with van der Waals surface area (Å²) in [5.41, 5.74) is 0.201. The van der Waals surface area contributed by atoms with Gasteiger partial charge >= 0.3 is 0 Å². The van der Waals surface area contributed by atoms with Gasteiger partial charge < -0.3 is 4.57 Å². The lowest BCUT2D eigenvalue weighted by Crippen LogP contribution is -1.99. The van der Waals surface area contributed by atoms with E-state index in [-0.39, 0.29) is 10.8 Å². The molecule has 2 rings (SSSR count). The third kappa shape index (κ3) is 1.50. The van der Waals surface area contributed by atoms with Crippen molar-refractivity contribution in [1.82, 2.24) is 14.5 Å². The van der Waals surface area contributed by atoms with E-state index in [0.29, 0.717) is 8.96 Å². The van der Waals surface area contributed by atoms with Gasteiger partial charge in [0.2, 0.25) is 0 Å². The fourth-order valence-electron chi connectivity index (χ4n) is 1.20. The molecule has 0 saturated heterocycles. The van der Waals surface area contributed by atoms with E-state index in [1.807, 2.05) is 22.6 Å². The molecule has 3 nitrogen and oxygen atoms in total. The Balaban J connectivity index is 2.77. The predicted octanol–water partition coefficient (Wildman–Crippen LogP) is 3.27. The predicted molar refractivity (Wildman–Crippen MR) is 65.6 cm³/mol. The van der Waals surface area contributed by atoms with Gasteiger partial charge in [-0.1, -0.05) is 11.6 Å². The van der Waals surface area contributed by atoms with Crippen molar-refractivity contribution in [3.63, 3.8) is 0 Å². The molecule has 2 aromatic heterocycles. The molecule has 0 saturated carbocycles. The summed E-state index contributed by atoms with van der Waals surface area (Å²) in [7, 11) is 0. The molecule has 0 aromatic carbocycles. The molecule has 5 heteroatoms. The van der Waals surface area contributed by atoms with Gasteiger partial charge in [-0.3, -0.25) is 0 Å². The summed E-state index contributed by atoms with van der Waals surface area (Å²) in [6, 6.07) is -1.69. The van der Waals surface area contributed by atoms with Crippen LogP contribution in [0.2, 0.25) is 5.15 Å². The summed E-state index contributed by atoms with van der Waals surface area (Å²) < 4.78 is 46.7. The van der Waals surface area contributed by atoms with Gasteiger partial charge in [0.25, 0.3) is 0 Å². The van der Waals surface area contributed by atoms with Crippen LogP contribution in [0.25, 0.3) is 11.0 Å². The van der Waals surface area contributed by atoms with Crippen LogP contribution in [0, 0.1) is 3.57 Å². The molecule has 0 fully saturated rings. The van der Waals surface area contributed by atoms with Crippen molar-refractivity contribution in [3.8, 4) is 0 Å². The SMILES string of the molecule is [2H]C([2H])([2H])C(n1cc(I)c2c(Cl)ncnc21)C([2H])([2H])[2H]. The first-order chi connectivity index (χ1) is 9.03. The summed E-state index contributed by atoms with van der Waals surface area (Å²) in [4.78, 5) is 7.79. The lowest BCUT2D eigenvalue weighted by Gasteiger charge is -2.07. The molecule has 14 heavy (non-hydrogen) atoms. The molecule has 2 heterocycles. The van der Waals surface area contributed by atoms with Crippen molar-refractivity contribution >= 4 is 45.2 Å². The van der Waals surface area contributed by atoms with E-state index < -0.39 is 19.7 Å². The van der Waals surface area contributed by atoms with Gasteiger partial charge in [-0.2, -0.15) is 0 Å². The highest BCUT2D eigenvalue weighted by molar-refractivity contribution is 14.1. The Morgan fingerprint density at radius 3 is 3.07 bits per heavy atom. The van der Waals surface area contributed by atoms with Gasteiger partial charge in [-0.25, -0.2) is 9.97 Å². The van der Waals surface area contributed by atoms with Crippen LogP contribution in [-0.4, -0.2) is 14.5 Å². The quantitative estimate of drug-likeness (QED) is 0.594. The highest BCUT2D eigenvalue weighted by Crippen LogP contribution is 2.28. The molecule has 0 bridgehead atoms. The first-order valence-electron chi connectivity index (χ1n) is 6.70. The molecule has 74 valence electrons. The lowest BCUT2D eigenvalue weighted by molar-refractivity contribution is 0.617. The third-order valence-corrected chi connectivity index (χ3v) is 2.90. The van der Waals surface area contributed by atoms with Crippen LogP contribution >= 0.6 is 34.2 Å². The summed E-state index contributed by atoms with van der Waals surface area (Å²) >= 11 is 7.90. The monoisotopic (exact) mass is 327 g/mol. The molecule has 0 unspecified atom stereocenters. The van der Waals surface area contributed by atoms with Crippen LogP contribution in [0.3, 0.4) is 0 Å². The van der Waals surface area contributed by atoms with E-state index >= 15 is 0 Å². The smallest absolute Gasteiger partial charge is 0.146 e. The minimum Gasteiger partial charge on any atom is -0.329 e. The first kappa shape index (κ1) is 5.12. The number of hydrogen-bond acceptors (Lipinski definition) is 2. The lowest BCUT2D eigenvalue weighted by atomic mass is 10.4. The van der Waals surface area contributed by atoms with E-state index in [2.05, 4.69) is 9.97 Å². The van der Waals surface area contributed by atoms with Gasteiger partial charge in [0.15, 0.2) is 0 Å². The summed E-state index contributed by atoms with van der Waals surface area (Å²) in [5.74, 6) is 0. The van der Waals surface area contributed by atoms with Crippen molar-refractivity contribution in [1.29, 1.82) is 0 Å². The Morgan fingerprint density at radius 1 is 1.57 bits per heavy atom. The average Bonchev–Trinajstić information content (AvgIpc) is 2.53. The maximum atomic E-state index is 7.49. The number of hydrogen-bond donors (Lipinski definition) is 0. The summed E-state index contributed by atoms with van der Waals surface area (Å²) in [5, 5.41) is 0.612. The fraction of sp³-hybridized carbons (Fsp3) is 0.333. The largest absolute Gasteiger partial charge is 0.329 e. The Kier molecular flexibility index (Phi) is 1.34. The molecule has 0 aliphatic heterocycles. The van der Waals surface area contributed by atoms with Gasteiger partial charge in [0.1, 0.15) is 17.1 Å². The molecule has 0 radical (unpaired) electrons. The van der Waals surface area contributed by atoms with Crippen LogP contribution in [0.4, 0.5) is 0 Å². The molecular weight excluding hydrogens is 312 g/mol. The zero-order valence-corrected chi connectivity index (χ0v) is 9.74. The molecule has 0 aliphatic rings. The van der Waals surface area contributed by atoms with E-state index in [0.717, 1.165) is 4.57 Å². The van der Waals surface area contributed by atoms with E-state index in [9.17, 15) is 0 Å². The van der Waals surface area contributed by atoms with Gasteiger partial charge in [0.05, 0.1) is 5.39 Å². The molecule has 0 amide bonds. The van der Waals surface area contributed by atoms with E-state index in [1.54, 1.807) is 0 Å². The summed E-state index contributed by atoms with van der Waals surface area (Å²) in [6.07, 6.45) is 2.60. The maximum absolute atomic E-state index is 7.49. The highest BCUT2D eigenvalue weighted by Gasteiger charge is 2.13. The van der Waals surface area contributed by atoms with Crippen molar-refractivity contribution in [3.05, 3.63) is 21.2 Å². The molecule has 0 aliphatic carbocycles. The Bertz CT molecular complexity index is 635. The van der Waals surface area contributed by atoms with Gasteiger partial charge in [-0.15, -0.1) is 0 Å². The van der Waals surface area contributed by atoms with Crippen molar-refractivity contribution in [2.75, 3.05) is 0 Å². The van der Waals surface area contributed by atoms with Crippen LogP contribution in [0.5, 0.6) is 0 Å². The highest BCUT2D eigenvalue weighted by atomic mass is 127. The van der Waals surface area contributed by atoms with Gasteiger partial charge in [0, 0.05) is 24.0 Å². The Hall–Kier alpha value is -0.360. The van der Waals surface area contributed by atoms with Crippen LogP contribution in [0.1, 0.15) is 28.0 Å². The molecule has 0 atom stereocenters. The maximum Gasteiger partial charge on any atom is 0.146 e. The molecular formula is C9H9ClIN3. The van der Waals surface area contributed by atoms with Crippen LogP contribution in [0.15, 0.2) is 12.5 Å². The van der Waals surface area contributed by atoms with Crippen LogP contribution < -0.4 is 0 Å². The van der Waals surface area contributed by atoms with Crippen molar-refractivity contribution < 1.29 is 8.22 Å². The first-order valence-corrected chi connectivity index (χ1v) is 5.15. The van der Waals surface area contributed by atoms with Gasteiger partial charge in [-0.05, 0) is 36.3 Å². The Morgan fingerprint density at radius 2 is 2.36 bits per heavy atom. The molecule has 2 aromatic rings. The van der Waals surface area contributed by atoms with Crippen molar-refractivity contribution in [2.24, 2.45) is 0 Å². The van der Waals surface area contributed by atoms with Crippen LogP contribution in [-0.2, 0) is 0 Å². The molecule has 0 spiro atoms. The Labute approximate surface area is 109 Å². The number of fused-ring (bicyclic) bond motifs is 1. The number of rotatable bonds is 1. The minimum absolute atomic E-state index is 0.160. The number of aromatic nitrogens is 3. The van der Waals surface area contributed by atoms with Crippen molar-refractivity contribution in [2.45, 2.75) is 19.7 Å². The zero-order chi connectivity index (χ0) is 15.3. The summed E-state index contributed by atoms with van der Waals surface area (Å²) in [6.45, 7) is -5.39. The fourth-order valence-corrected chi connectivity index (χ4v) is 2.39. The topological polar surface area (TPSA) is 30.7 Å². The van der Waals surface area contributed by atoms with E-state index in [1.165, 1.54) is 12.5 Å². The second kappa shape index (κ2) is 3.66. The second-order valence-electron chi connectivity index (χ2n) is 2.65. The zero-order valence-electron chi connectivity index (χ0n) is 12.8. The number of halogens is 2. The minimum atomic E-state index is -2.70.